The van der Waals surface area contributed by atoms with Crippen LogP contribution in [0.25, 0.3) is 0 Å². The number of hydrogen-bond donors (Lipinski definition) is 7. The number of hydrogen-bond acceptors (Lipinski definition) is 17. The third-order valence-electron chi connectivity index (χ3n) is 12.4. The Balaban J connectivity index is 0.000000166. The summed E-state index contributed by atoms with van der Waals surface area (Å²) in [7, 11) is 0. The zero-order valence-electron chi connectivity index (χ0n) is 47.3. The lowest BCUT2D eigenvalue weighted by molar-refractivity contribution is 0.101. The molecule has 4 heterocycles. The molecule has 84 heavy (non-hydrogen) atoms. The van der Waals surface area contributed by atoms with Crippen LogP contribution in [0, 0.1) is 6.92 Å². The van der Waals surface area contributed by atoms with Gasteiger partial charge < -0.3 is 40.6 Å². The fraction of sp³-hybridized carbons (Fsp3) is 0.262. The van der Waals surface area contributed by atoms with Crippen molar-refractivity contribution in [1.29, 1.82) is 0 Å². The van der Waals surface area contributed by atoms with Crippen molar-refractivity contribution in [3.63, 3.8) is 0 Å². The molecule has 3 aromatic heterocycles. The Morgan fingerprint density at radius 2 is 1.10 bits per heavy atom. The van der Waals surface area contributed by atoms with Crippen molar-refractivity contribution in [3.05, 3.63) is 185 Å². The van der Waals surface area contributed by atoms with Crippen LogP contribution in [0.3, 0.4) is 0 Å². The maximum Gasteiger partial charge on any atom is 0.255 e. The number of fused-ring (bicyclic) bond motifs is 1. The fourth-order valence-electron chi connectivity index (χ4n) is 8.16. The first-order valence-electron chi connectivity index (χ1n) is 27.3. The minimum Gasteiger partial charge on any atom is -0.490 e. The summed E-state index contributed by atoms with van der Waals surface area (Å²) in [5.41, 5.74) is 15.0. The number of nitrogens with zero attached hydrogens (tertiary/aromatic N) is 6. The van der Waals surface area contributed by atoms with E-state index in [4.69, 9.17) is 24.7 Å². The molecule has 1 aliphatic rings. The number of unbranched alkanes of at least 4 members (excludes halogenated alkanes) is 2. The summed E-state index contributed by atoms with van der Waals surface area (Å²) in [5, 5.41) is 30.8. The topological polar surface area (TPSA) is 275 Å². The van der Waals surface area contributed by atoms with E-state index in [2.05, 4.69) is 102 Å². The number of carbonyl (C=O) groups is 3. The normalized spacial score (nSPS) is 11.2. The van der Waals surface area contributed by atoms with Crippen LogP contribution in [0.15, 0.2) is 156 Å². The van der Waals surface area contributed by atoms with Gasteiger partial charge in [0.15, 0.2) is 33.3 Å². The monoisotopic (exact) mass is 1190 g/mol. The Labute approximate surface area is 500 Å². The van der Waals surface area contributed by atoms with Crippen LogP contribution in [-0.2, 0) is 17.3 Å². The first-order chi connectivity index (χ1) is 40.9. The number of thioether (sulfide) groups is 3. The second-order valence-electron chi connectivity index (χ2n) is 19.3. The Morgan fingerprint density at radius 3 is 1.60 bits per heavy atom. The number of H-pyrrole nitrogens is 3. The third-order valence-corrected chi connectivity index (χ3v) is 15.3. The molecular weight excluding hydrogens is 1120 g/mol. The average Bonchev–Trinajstić information content (AvgIpc) is 4.51. The van der Waals surface area contributed by atoms with Gasteiger partial charge in [-0.3, -0.25) is 24.6 Å². The number of anilines is 4. The van der Waals surface area contributed by atoms with E-state index >= 15 is 0 Å². The van der Waals surface area contributed by atoms with Crippen LogP contribution in [0.2, 0.25) is 0 Å². The van der Waals surface area contributed by atoms with Gasteiger partial charge in [-0.1, -0.05) is 118 Å². The van der Waals surface area contributed by atoms with E-state index in [9.17, 15) is 14.4 Å². The number of amides is 3. The lowest BCUT2D eigenvalue weighted by Crippen LogP contribution is -2.12. The highest BCUT2D eigenvalue weighted by Crippen LogP contribution is 2.35. The van der Waals surface area contributed by atoms with Crippen molar-refractivity contribution in [2.45, 2.75) is 98.9 Å². The number of aryl methyl sites for hydroxylation is 1. The highest BCUT2D eigenvalue weighted by molar-refractivity contribution is 7.98. The van der Waals surface area contributed by atoms with Crippen molar-refractivity contribution in [3.8, 4) is 23.0 Å². The molecule has 3 amide bonds. The fourth-order valence-corrected chi connectivity index (χ4v) is 10.4. The molecule has 8 N–H and O–H groups in total. The number of rotatable bonds is 24. The summed E-state index contributed by atoms with van der Waals surface area (Å²) in [6.45, 7) is 12.1. The van der Waals surface area contributed by atoms with Crippen molar-refractivity contribution < 1.29 is 33.3 Å². The average molecular weight is 1190 g/mol. The Kier molecular flexibility index (Phi) is 23.0. The molecule has 6 aromatic carbocycles. The van der Waals surface area contributed by atoms with Crippen molar-refractivity contribution in [1.82, 2.24) is 45.5 Å². The molecule has 0 spiro atoms. The number of nitrogens with two attached hydrogens (primary N) is 1. The highest BCUT2D eigenvalue weighted by Gasteiger charge is 2.17. The molecular formula is C61H67N13O7S3. The van der Waals surface area contributed by atoms with Gasteiger partial charge in [0.25, 0.3) is 17.7 Å². The summed E-state index contributed by atoms with van der Waals surface area (Å²) in [6, 6.07) is 39.5. The number of aromatic nitrogens is 9. The van der Waals surface area contributed by atoms with Gasteiger partial charge in [-0.2, -0.15) is 15.2 Å². The molecule has 10 rings (SSSR count). The second-order valence-corrected chi connectivity index (χ2v) is 22.1. The minimum atomic E-state index is -0.176. The van der Waals surface area contributed by atoms with E-state index in [-0.39, 0.29) is 24.5 Å². The molecule has 0 unspecified atom stereocenters. The molecule has 0 fully saturated rings. The molecule has 0 radical (unpaired) electrons. The molecule has 20 nitrogen and oxygen atoms in total. The Hall–Kier alpha value is -8.80. The predicted molar refractivity (Wildman–Crippen MR) is 331 cm³/mol. The maximum absolute atomic E-state index is 12.8. The first kappa shape index (κ1) is 61.3. The zero-order chi connectivity index (χ0) is 59.0. The number of carbonyl (C=O) groups excluding carboxylic acids is 3. The van der Waals surface area contributed by atoms with Crippen LogP contribution < -0.4 is 40.6 Å². The van der Waals surface area contributed by atoms with Crippen molar-refractivity contribution in [2.75, 3.05) is 41.7 Å². The van der Waals surface area contributed by atoms with E-state index < -0.39 is 0 Å². The molecule has 0 saturated heterocycles. The number of nitrogen functional groups attached to an aromatic ring is 1. The molecule has 0 bridgehead atoms. The molecule has 0 saturated carbocycles. The van der Waals surface area contributed by atoms with Gasteiger partial charge in [0, 0.05) is 63.1 Å². The summed E-state index contributed by atoms with van der Waals surface area (Å²) < 4.78 is 22.4. The van der Waals surface area contributed by atoms with E-state index in [0.29, 0.717) is 98.6 Å². The summed E-state index contributed by atoms with van der Waals surface area (Å²) in [5.74, 6) is 5.01. The molecule has 1 aliphatic heterocycles. The van der Waals surface area contributed by atoms with Gasteiger partial charge in [-0.05, 0) is 126 Å². The van der Waals surface area contributed by atoms with Crippen LogP contribution in [0.4, 0.5) is 23.0 Å². The molecule has 0 aliphatic carbocycles. The maximum atomic E-state index is 12.8. The van der Waals surface area contributed by atoms with Gasteiger partial charge in [-0.15, -0.1) is 5.10 Å². The smallest absolute Gasteiger partial charge is 0.255 e. The molecule has 23 heteroatoms. The van der Waals surface area contributed by atoms with E-state index in [1.807, 2.05) is 91.0 Å². The Morgan fingerprint density at radius 1 is 0.595 bits per heavy atom. The molecule has 0 atom stereocenters. The predicted octanol–water partition coefficient (Wildman–Crippen LogP) is 13.1. The standard InChI is InChI=1S/C24H30N4O3S.C20H23N5OS.C17H14N4O3S/c1-3-5-12-30-21-11-10-20(15-22(21)31-13-6-4-2)27-23(29)19-9-7-8-18(14-19)16-32-24-25-17-26-28-24;1-12(2)17-8-7-16(9-13(17)3)22-18(26)15-6-4-5-14(10-15)11-27-20-23-19(21)24-25-20;22-16(20-13-4-5-14-15(7-13)24-10-23-14)12-3-1-2-11(6-12)8-25-17-18-9-19-21-17/h7-11,14-15,17H,3-6,12-13,16H2,1-2H3,(H,27,29)(H,25,26,28);4-10,12H,11H2,1-3H3,(H,22,26)(H3,21,23,24,25);1-7,9H,8,10H2,(H,20,22)(H,18,19,21). The largest absolute Gasteiger partial charge is 0.490 e. The number of benzene rings is 6. The van der Waals surface area contributed by atoms with Crippen molar-refractivity contribution >= 4 is 76.0 Å². The van der Waals surface area contributed by atoms with Crippen LogP contribution in [-0.4, -0.2) is 83.3 Å². The Bertz CT molecular complexity index is 3560. The van der Waals surface area contributed by atoms with Gasteiger partial charge in [0.2, 0.25) is 17.9 Å². The zero-order valence-corrected chi connectivity index (χ0v) is 49.7. The SMILES string of the molecule is CCCCOc1ccc(NC(=O)c2cccc(CSc3ncn[nH]3)c2)cc1OCCCC.Cc1cc(NC(=O)c2cccc(CSc3n[nH]c(N)n3)c2)ccc1C(C)C.O=C(Nc1ccc2c(c1)OCO2)c1cccc(CSc2ncn[nH]2)c1. The third kappa shape index (κ3) is 18.9. The lowest BCUT2D eigenvalue weighted by Gasteiger charge is -2.15. The van der Waals surface area contributed by atoms with E-state index in [1.165, 1.54) is 59.1 Å². The number of aromatic amines is 3. The first-order valence-corrected chi connectivity index (χ1v) is 30.2. The minimum absolute atomic E-state index is 0.124. The number of ether oxygens (including phenoxy) is 4. The summed E-state index contributed by atoms with van der Waals surface area (Å²) in [6.07, 6.45) is 7.01. The molecule has 436 valence electrons. The van der Waals surface area contributed by atoms with Crippen LogP contribution >= 0.6 is 35.3 Å². The highest BCUT2D eigenvalue weighted by atomic mass is 32.2. The van der Waals surface area contributed by atoms with Crippen LogP contribution in [0.1, 0.15) is 118 Å². The molecule has 9 aromatic rings. The summed E-state index contributed by atoms with van der Waals surface area (Å²) >= 11 is 4.52. The van der Waals surface area contributed by atoms with Gasteiger partial charge in [0.1, 0.15) is 12.7 Å². The van der Waals surface area contributed by atoms with E-state index in [1.54, 1.807) is 30.3 Å². The van der Waals surface area contributed by atoms with Crippen LogP contribution in [0.5, 0.6) is 23.0 Å². The van der Waals surface area contributed by atoms with Gasteiger partial charge in [0.05, 0.1) is 13.2 Å². The summed E-state index contributed by atoms with van der Waals surface area (Å²) in [4.78, 5) is 50.2. The quantitative estimate of drug-likeness (QED) is 0.0219. The van der Waals surface area contributed by atoms with Gasteiger partial charge in [-0.25, -0.2) is 15.1 Å². The second kappa shape index (κ2) is 31.6. The lowest BCUT2D eigenvalue weighted by atomic mass is 9.97. The van der Waals surface area contributed by atoms with Gasteiger partial charge >= 0.3 is 0 Å². The van der Waals surface area contributed by atoms with Crippen molar-refractivity contribution in [2.24, 2.45) is 0 Å². The number of nitrogens with one attached hydrogen (secondary N) is 6. The van der Waals surface area contributed by atoms with E-state index in [0.717, 1.165) is 58.4 Å².